The van der Waals surface area contributed by atoms with Crippen LogP contribution >= 0.6 is 0 Å². The third kappa shape index (κ3) is 4.06. The average Bonchev–Trinajstić information content (AvgIpc) is 3.12. The number of methoxy groups -OCH3 is 1. The van der Waals surface area contributed by atoms with Crippen LogP contribution in [0, 0.1) is 0 Å². The van der Waals surface area contributed by atoms with Gasteiger partial charge in [-0.2, -0.15) is 0 Å². The smallest absolute Gasteiger partial charge is 0.289 e. The Balaban J connectivity index is 2.24. The van der Waals surface area contributed by atoms with Crippen LogP contribution in [0.25, 0.3) is 17.1 Å². The first-order chi connectivity index (χ1) is 13.8. The molecule has 2 N–H and O–H groups in total. The van der Waals surface area contributed by atoms with E-state index in [-0.39, 0.29) is 29.4 Å². The standard InChI is InChI=1S/C21H25N5O3/c1-12(2)15-9-16(17(27)10-18(15)29-5)19-24-25-20(21(28)23-13(3)4)26(19)14-7-6-8-22-11-14/h6-13,27H,1-5H3,(H,23,28). The van der Waals surface area contributed by atoms with E-state index in [4.69, 9.17) is 4.74 Å². The summed E-state index contributed by atoms with van der Waals surface area (Å²) < 4.78 is 7.00. The van der Waals surface area contributed by atoms with Crippen molar-refractivity contribution in [1.82, 2.24) is 25.1 Å². The molecule has 8 heteroatoms. The lowest BCUT2D eigenvalue weighted by Crippen LogP contribution is -2.32. The van der Waals surface area contributed by atoms with Crippen LogP contribution in [-0.4, -0.2) is 43.9 Å². The van der Waals surface area contributed by atoms with Gasteiger partial charge in [0, 0.05) is 18.3 Å². The zero-order valence-corrected chi connectivity index (χ0v) is 17.2. The van der Waals surface area contributed by atoms with Crippen molar-refractivity contribution in [1.29, 1.82) is 0 Å². The summed E-state index contributed by atoms with van der Waals surface area (Å²) in [4.78, 5) is 16.9. The van der Waals surface area contributed by atoms with E-state index in [1.807, 2.05) is 33.8 Å². The predicted octanol–water partition coefficient (Wildman–Crippen LogP) is 3.31. The number of amides is 1. The van der Waals surface area contributed by atoms with Crippen molar-refractivity contribution in [2.24, 2.45) is 0 Å². The Bertz CT molecular complexity index is 1010. The van der Waals surface area contributed by atoms with E-state index >= 15 is 0 Å². The van der Waals surface area contributed by atoms with E-state index in [1.165, 1.54) is 0 Å². The van der Waals surface area contributed by atoms with Crippen molar-refractivity contribution in [3.8, 4) is 28.6 Å². The molecule has 0 saturated carbocycles. The Kier molecular flexibility index (Phi) is 5.81. The van der Waals surface area contributed by atoms with E-state index in [1.54, 1.807) is 42.3 Å². The van der Waals surface area contributed by atoms with Gasteiger partial charge in [0.15, 0.2) is 5.82 Å². The average molecular weight is 395 g/mol. The molecule has 0 radical (unpaired) electrons. The SMILES string of the molecule is COc1cc(O)c(-c2nnc(C(=O)NC(C)C)n2-c2cccnc2)cc1C(C)C. The molecule has 0 spiro atoms. The lowest BCUT2D eigenvalue weighted by molar-refractivity contribution is 0.0930. The number of pyridine rings is 1. The van der Waals surface area contributed by atoms with E-state index < -0.39 is 0 Å². The molecule has 2 aromatic heterocycles. The summed E-state index contributed by atoms with van der Waals surface area (Å²) in [5.74, 6) is 0.825. The van der Waals surface area contributed by atoms with Gasteiger partial charge in [-0.15, -0.1) is 10.2 Å². The molecule has 0 aliphatic heterocycles. The Hall–Kier alpha value is -3.42. The fraction of sp³-hybridized carbons (Fsp3) is 0.333. The summed E-state index contributed by atoms with van der Waals surface area (Å²) in [5.41, 5.74) is 1.98. The quantitative estimate of drug-likeness (QED) is 0.664. The van der Waals surface area contributed by atoms with E-state index in [0.717, 1.165) is 5.56 Å². The van der Waals surface area contributed by atoms with Crippen molar-refractivity contribution >= 4 is 5.91 Å². The van der Waals surface area contributed by atoms with Crippen LogP contribution in [0.5, 0.6) is 11.5 Å². The molecule has 0 atom stereocenters. The first-order valence-electron chi connectivity index (χ1n) is 9.41. The zero-order chi connectivity index (χ0) is 21.1. The summed E-state index contributed by atoms with van der Waals surface area (Å²) in [6.45, 7) is 7.81. The summed E-state index contributed by atoms with van der Waals surface area (Å²) in [6, 6.07) is 6.87. The Morgan fingerprint density at radius 2 is 1.97 bits per heavy atom. The Labute approximate surface area is 169 Å². The van der Waals surface area contributed by atoms with Crippen LogP contribution < -0.4 is 10.1 Å². The van der Waals surface area contributed by atoms with Crippen molar-refractivity contribution in [2.45, 2.75) is 39.7 Å². The summed E-state index contributed by atoms with van der Waals surface area (Å²) in [7, 11) is 1.56. The highest BCUT2D eigenvalue weighted by molar-refractivity contribution is 5.92. The number of phenolic OH excluding ortho intramolecular Hbond substituents is 1. The highest BCUT2D eigenvalue weighted by Crippen LogP contribution is 2.38. The molecule has 2 heterocycles. The molecule has 152 valence electrons. The second-order valence-corrected chi connectivity index (χ2v) is 7.29. The number of phenols is 1. The van der Waals surface area contributed by atoms with Gasteiger partial charge in [0.1, 0.15) is 11.5 Å². The fourth-order valence-corrected chi connectivity index (χ4v) is 3.06. The summed E-state index contributed by atoms with van der Waals surface area (Å²) in [5, 5.41) is 21.8. The Morgan fingerprint density at radius 3 is 2.55 bits per heavy atom. The van der Waals surface area contributed by atoms with E-state index in [0.29, 0.717) is 22.8 Å². The van der Waals surface area contributed by atoms with Crippen LogP contribution in [0.2, 0.25) is 0 Å². The Morgan fingerprint density at radius 1 is 1.21 bits per heavy atom. The van der Waals surface area contributed by atoms with Crippen molar-refractivity contribution in [3.05, 3.63) is 48.0 Å². The summed E-state index contributed by atoms with van der Waals surface area (Å²) >= 11 is 0. The maximum absolute atomic E-state index is 12.7. The van der Waals surface area contributed by atoms with Gasteiger partial charge in [0.25, 0.3) is 5.91 Å². The van der Waals surface area contributed by atoms with Crippen molar-refractivity contribution in [3.63, 3.8) is 0 Å². The zero-order valence-electron chi connectivity index (χ0n) is 17.2. The largest absolute Gasteiger partial charge is 0.507 e. The number of aromatic nitrogens is 4. The monoisotopic (exact) mass is 395 g/mol. The van der Waals surface area contributed by atoms with E-state index in [9.17, 15) is 9.90 Å². The highest BCUT2D eigenvalue weighted by Gasteiger charge is 2.25. The van der Waals surface area contributed by atoms with E-state index in [2.05, 4.69) is 20.5 Å². The van der Waals surface area contributed by atoms with Gasteiger partial charge < -0.3 is 15.2 Å². The van der Waals surface area contributed by atoms with Gasteiger partial charge in [-0.3, -0.25) is 14.3 Å². The minimum Gasteiger partial charge on any atom is -0.507 e. The van der Waals surface area contributed by atoms with Gasteiger partial charge in [-0.1, -0.05) is 13.8 Å². The number of benzene rings is 1. The van der Waals surface area contributed by atoms with Crippen LogP contribution in [0.4, 0.5) is 0 Å². The van der Waals surface area contributed by atoms with Crippen LogP contribution in [0.15, 0.2) is 36.7 Å². The second-order valence-electron chi connectivity index (χ2n) is 7.29. The minimum absolute atomic E-state index is 0.0143. The third-order valence-corrected chi connectivity index (χ3v) is 4.40. The normalized spacial score (nSPS) is 11.1. The van der Waals surface area contributed by atoms with Gasteiger partial charge in [-0.25, -0.2) is 0 Å². The molecule has 0 fully saturated rings. The minimum atomic E-state index is -0.361. The first kappa shape index (κ1) is 20.3. The van der Waals surface area contributed by atoms with Gasteiger partial charge in [0.2, 0.25) is 5.82 Å². The number of hydrogen-bond acceptors (Lipinski definition) is 6. The molecule has 1 amide bonds. The number of rotatable bonds is 6. The van der Waals surface area contributed by atoms with Crippen LogP contribution in [-0.2, 0) is 0 Å². The highest BCUT2D eigenvalue weighted by atomic mass is 16.5. The fourth-order valence-electron chi connectivity index (χ4n) is 3.06. The number of ether oxygens (including phenoxy) is 1. The molecule has 0 bridgehead atoms. The topological polar surface area (TPSA) is 102 Å². The maximum atomic E-state index is 12.7. The molecule has 3 rings (SSSR count). The van der Waals surface area contributed by atoms with Crippen molar-refractivity contribution < 1.29 is 14.6 Å². The molecule has 8 nitrogen and oxygen atoms in total. The van der Waals surface area contributed by atoms with Gasteiger partial charge >= 0.3 is 0 Å². The number of hydrogen-bond donors (Lipinski definition) is 2. The molecule has 0 unspecified atom stereocenters. The molecular weight excluding hydrogens is 370 g/mol. The number of aromatic hydroxyl groups is 1. The summed E-state index contributed by atoms with van der Waals surface area (Å²) in [6.07, 6.45) is 3.26. The number of carbonyl (C=O) groups excluding carboxylic acids is 1. The maximum Gasteiger partial charge on any atom is 0.289 e. The first-order valence-corrected chi connectivity index (χ1v) is 9.41. The molecule has 29 heavy (non-hydrogen) atoms. The lowest BCUT2D eigenvalue weighted by atomic mass is 9.98. The molecule has 1 aromatic carbocycles. The second kappa shape index (κ2) is 8.30. The van der Waals surface area contributed by atoms with Crippen molar-refractivity contribution in [2.75, 3.05) is 7.11 Å². The molecule has 0 aliphatic rings. The van der Waals surface area contributed by atoms with Gasteiger partial charge in [0.05, 0.1) is 24.6 Å². The van der Waals surface area contributed by atoms with Crippen LogP contribution in [0.1, 0.15) is 49.8 Å². The molecular formula is C21H25N5O3. The molecule has 0 saturated heterocycles. The predicted molar refractivity (Wildman–Crippen MR) is 109 cm³/mol. The van der Waals surface area contributed by atoms with Gasteiger partial charge in [-0.05, 0) is 43.5 Å². The molecule has 0 aliphatic carbocycles. The lowest BCUT2D eigenvalue weighted by Gasteiger charge is -2.16. The third-order valence-electron chi connectivity index (χ3n) is 4.40. The van der Waals surface area contributed by atoms with Crippen LogP contribution in [0.3, 0.4) is 0 Å². The number of nitrogens with zero attached hydrogens (tertiary/aromatic N) is 4. The number of nitrogens with one attached hydrogen (secondary N) is 1. The number of carbonyl (C=O) groups is 1. The molecule has 3 aromatic rings.